The van der Waals surface area contributed by atoms with Crippen LogP contribution in [0.4, 0.5) is 10.2 Å². The second kappa shape index (κ2) is 12.3. The Balaban J connectivity index is 1.08. The molecular weight excluding hydrogens is 473 g/mol. The number of benzene rings is 1. The molecular formula is C29H38FN3O4. The van der Waals surface area contributed by atoms with E-state index in [1.807, 2.05) is 4.90 Å². The van der Waals surface area contributed by atoms with Crippen LogP contribution in [0.2, 0.25) is 0 Å². The van der Waals surface area contributed by atoms with E-state index in [1.54, 1.807) is 6.07 Å². The second-order valence-corrected chi connectivity index (χ2v) is 10.4. The number of nitrogens with one attached hydrogen (secondary N) is 1. The molecule has 3 aliphatic heterocycles. The number of pyridine rings is 1. The molecule has 0 radical (unpaired) electrons. The molecule has 7 nitrogen and oxygen atoms in total. The number of unbranched alkanes of at least 4 members (excludes halogenated alkanes) is 2. The van der Waals surface area contributed by atoms with E-state index < -0.39 is 17.8 Å². The van der Waals surface area contributed by atoms with E-state index in [4.69, 9.17) is 14.5 Å². The number of nitrogens with zero attached hydrogens (tertiary/aromatic N) is 2. The highest BCUT2D eigenvalue weighted by Crippen LogP contribution is 2.37. The molecule has 37 heavy (non-hydrogen) atoms. The highest BCUT2D eigenvalue weighted by atomic mass is 19.1. The molecule has 0 amide bonds. The molecule has 1 aromatic carbocycles. The molecule has 8 heteroatoms. The van der Waals surface area contributed by atoms with Crippen LogP contribution in [-0.4, -0.2) is 59.9 Å². The molecule has 0 unspecified atom stereocenters. The first-order valence-electron chi connectivity index (χ1n) is 13.8. The first-order valence-corrected chi connectivity index (χ1v) is 13.8. The topological polar surface area (TPSA) is 83.9 Å². The summed E-state index contributed by atoms with van der Waals surface area (Å²) in [6, 6.07) is 7.91. The SMILES string of the molecule is O=C(O)[C@@H](c1cc(F)ccc1[C@@H]1CCCO1)N1CC[C@@H](OCCCCCc2ccc3c(n2)NCCC3)C1. The lowest BCUT2D eigenvalue weighted by molar-refractivity contribution is -0.143. The van der Waals surface area contributed by atoms with Crippen molar-refractivity contribution in [2.45, 2.75) is 76.0 Å². The van der Waals surface area contributed by atoms with Crippen LogP contribution in [0.3, 0.4) is 0 Å². The van der Waals surface area contributed by atoms with Crippen LogP contribution in [0.1, 0.15) is 79.5 Å². The molecule has 2 saturated heterocycles. The predicted molar refractivity (Wildman–Crippen MR) is 139 cm³/mol. The number of hydrogen-bond acceptors (Lipinski definition) is 6. The summed E-state index contributed by atoms with van der Waals surface area (Å²) in [6.07, 6.45) is 8.71. The maximum absolute atomic E-state index is 14.2. The third-order valence-electron chi connectivity index (χ3n) is 7.78. The van der Waals surface area contributed by atoms with Gasteiger partial charge in [0.15, 0.2) is 0 Å². The zero-order valence-corrected chi connectivity index (χ0v) is 21.5. The number of carbonyl (C=O) groups is 1. The smallest absolute Gasteiger partial charge is 0.325 e. The number of aliphatic carboxylic acids is 1. The van der Waals surface area contributed by atoms with E-state index in [-0.39, 0.29) is 12.2 Å². The van der Waals surface area contributed by atoms with Crippen molar-refractivity contribution < 1.29 is 23.8 Å². The van der Waals surface area contributed by atoms with E-state index >= 15 is 0 Å². The van der Waals surface area contributed by atoms with Gasteiger partial charge in [0.1, 0.15) is 17.7 Å². The van der Waals surface area contributed by atoms with Crippen LogP contribution < -0.4 is 5.32 Å². The number of likely N-dealkylation sites (tertiary alicyclic amines) is 1. The monoisotopic (exact) mass is 511 g/mol. The van der Waals surface area contributed by atoms with Crippen LogP contribution in [0.5, 0.6) is 0 Å². The molecule has 0 spiro atoms. The third kappa shape index (κ3) is 6.48. The first kappa shape index (κ1) is 26.1. The molecule has 0 bridgehead atoms. The minimum atomic E-state index is -0.962. The van der Waals surface area contributed by atoms with Gasteiger partial charge < -0.3 is 19.9 Å². The van der Waals surface area contributed by atoms with Gasteiger partial charge >= 0.3 is 5.97 Å². The zero-order valence-electron chi connectivity index (χ0n) is 21.5. The average Bonchev–Trinajstić information content (AvgIpc) is 3.59. The summed E-state index contributed by atoms with van der Waals surface area (Å²) < 4.78 is 26.1. The lowest BCUT2D eigenvalue weighted by Gasteiger charge is -2.28. The van der Waals surface area contributed by atoms with Crippen LogP contribution in [0.15, 0.2) is 30.3 Å². The van der Waals surface area contributed by atoms with Crippen molar-refractivity contribution in [3.05, 3.63) is 58.5 Å². The van der Waals surface area contributed by atoms with E-state index in [0.717, 1.165) is 75.0 Å². The van der Waals surface area contributed by atoms with Gasteiger partial charge in [-0.05, 0) is 86.3 Å². The van der Waals surface area contributed by atoms with E-state index in [2.05, 4.69) is 17.4 Å². The van der Waals surface area contributed by atoms with Crippen molar-refractivity contribution in [3.8, 4) is 0 Å². The predicted octanol–water partition coefficient (Wildman–Crippen LogP) is 5.06. The zero-order chi connectivity index (χ0) is 25.6. The first-order chi connectivity index (χ1) is 18.1. The minimum Gasteiger partial charge on any atom is -0.480 e. The fourth-order valence-electron chi connectivity index (χ4n) is 5.85. The Morgan fingerprint density at radius 1 is 1.22 bits per heavy atom. The quantitative estimate of drug-likeness (QED) is 0.408. The summed E-state index contributed by atoms with van der Waals surface area (Å²) in [5.41, 5.74) is 3.76. The summed E-state index contributed by atoms with van der Waals surface area (Å²) in [7, 11) is 0. The Hall–Kier alpha value is -2.55. The van der Waals surface area contributed by atoms with Gasteiger partial charge in [0.25, 0.3) is 0 Å². The lowest BCUT2D eigenvalue weighted by Crippen LogP contribution is -2.34. The van der Waals surface area contributed by atoms with Crippen LogP contribution in [0.25, 0.3) is 0 Å². The third-order valence-corrected chi connectivity index (χ3v) is 7.78. The van der Waals surface area contributed by atoms with Crippen molar-refractivity contribution in [3.63, 3.8) is 0 Å². The normalized spacial score (nSPS) is 22.5. The summed E-state index contributed by atoms with van der Waals surface area (Å²) in [5, 5.41) is 13.5. The summed E-state index contributed by atoms with van der Waals surface area (Å²) in [6.45, 7) is 3.47. The van der Waals surface area contributed by atoms with Crippen molar-refractivity contribution in [2.24, 2.45) is 0 Å². The largest absolute Gasteiger partial charge is 0.480 e. The van der Waals surface area contributed by atoms with Gasteiger partial charge in [0, 0.05) is 38.5 Å². The maximum Gasteiger partial charge on any atom is 0.325 e. The fraction of sp³-hybridized carbons (Fsp3) is 0.586. The number of aryl methyl sites for hydroxylation is 2. The van der Waals surface area contributed by atoms with Crippen LogP contribution in [-0.2, 0) is 27.1 Å². The van der Waals surface area contributed by atoms with E-state index in [1.165, 1.54) is 24.1 Å². The van der Waals surface area contributed by atoms with Crippen LogP contribution >= 0.6 is 0 Å². The molecule has 3 atom stereocenters. The number of aromatic nitrogens is 1. The van der Waals surface area contributed by atoms with Gasteiger partial charge in [-0.1, -0.05) is 18.6 Å². The number of hydrogen-bond donors (Lipinski definition) is 2. The van der Waals surface area contributed by atoms with Gasteiger partial charge in [0.2, 0.25) is 0 Å². The van der Waals surface area contributed by atoms with Crippen molar-refractivity contribution in [1.29, 1.82) is 0 Å². The molecule has 2 aromatic rings. The number of carboxylic acids is 1. The van der Waals surface area contributed by atoms with E-state index in [0.29, 0.717) is 31.9 Å². The Labute approximate surface area is 218 Å². The maximum atomic E-state index is 14.2. The Morgan fingerprint density at radius 2 is 2.14 bits per heavy atom. The number of carboxylic acid groups (broad SMARTS) is 1. The molecule has 5 rings (SSSR count). The van der Waals surface area contributed by atoms with Crippen molar-refractivity contribution >= 4 is 11.8 Å². The van der Waals surface area contributed by atoms with Gasteiger partial charge in [-0.2, -0.15) is 0 Å². The van der Waals surface area contributed by atoms with Crippen LogP contribution in [0, 0.1) is 5.82 Å². The lowest BCUT2D eigenvalue weighted by atomic mass is 9.94. The van der Waals surface area contributed by atoms with Gasteiger partial charge in [-0.15, -0.1) is 0 Å². The van der Waals surface area contributed by atoms with Crippen molar-refractivity contribution in [2.75, 3.05) is 38.2 Å². The molecule has 0 aliphatic carbocycles. The highest BCUT2D eigenvalue weighted by Gasteiger charge is 2.37. The number of anilines is 1. The summed E-state index contributed by atoms with van der Waals surface area (Å²) in [5.74, 6) is -0.327. The highest BCUT2D eigenvalue weighted by molar-refractivity contribution is 5.76. The second-order valence-electron chi connectivity index (χ2n) is 10.4. The molecule has 2 fully saturated rings. The molecule has 4 heterocycles. The Morgan fingerprint density at radius 3 is 2.97 bits per heavy atom. The van der Waals surface area contributed by atoms with Crippen molar-refractivity contribution in [1.82, 2.24) is 9.88 Å². The van der Waals surface area contributed by atoms with Gasteiger partial charge in [0.05, 0.1) is 12.2 Å². The van der Waals surface area contributed by atoms with Gasteiger partial charge in [-0.25, -0.2) is 9.37 Å². The minimum absolute atomic E-state index is 0.00465. The Bertz CT molecular complexity index is 1080. The molecule has 0 saturated carbocycles. The summed E-state index contributed by atoms with van der Waals surface area (Å²) in [4.78, 5) is 19.0. The number of ether oxygens (including phenoxy) is 2. The number of fused-ring (bicyclic) bond motifs is 1. The number of halogens is 1. The molecule has 1 aromatic heterocycles. The standard InChI is InChI=1S/C29H38FN3O4/c30-21-10-12-24(26-8-5-17-37-26)25(18-21)27(29(34)35)33-15-13-23(19-33)36-16-3-1-2-7-22-11-9-20-6-4-14-31-28(20)32-22/h9-12,18,23,26-27H,1-8,13-17,19H2,(H,31,32)(H,34,35)/t23-,26+,27-/m1/s1. The summed E-state index contributed by atoms with van der Waals surface area (Å²) >= 11 is 0. The molecule has 3 aliphatic rings. The van der Waals surface area contributed by atoms with E-state index in [9.17, 15) is 14.3 Å². The fourth-order valence-corrected chi connectivity index (χ4v) is 5.85. The molecule has 2 N–H and O–H groups in total. The Kier molecular flexibility index (Phi) is 8.69. The number of rotatable bonds is 11. The van der Waals surface area contributed by atoms with Gasteiger partial charge in [-0.3, -0.25) is 9.69 Å². The molecule has 200 valence electrons. The average molecular weight is 512 g/mol.